The smallest absolute Gasteiger partial charge is 0.387 e. The standard InChI is InChI=1S/C64H75N2O15P/c1-66-58(67)34-20-36-70-45-55-61(74-41-51-28-14-5-15-29-51)64(76-43-53-32-18-7-19-33-53)62(56(80-55)46-72-39-49-24-10-3-11-25-49)81-82(69,77-37-21-35-65)78-47-57-60(73-40-50-26-12-4-13-27-50)63(75-42-52-30-16-6-17-31-52)59(68)54(79-57)44-71-38-48-22-8-2-9-23-48/h2-19,22-33,54-57,59-64,68H,20-21,34,36-47H2,1H3,(H,66,67)/t54-,55+,56-,57+,59-,60+,61+,62-,63+,64-,82?/m1/s1. The number of aliphatic hydroxyl groups excluding tert-OH is 1. The summed E-state index contributed by atoms with van der Waals surface area (Å²) in [5, 5.41) is 24.7. The Morgan fingerprint density at radius 1 is 0.488 bits per heavy atom. The van der Waals surface area contributed by atoms with Gasteiger partial charge in [-0.15, -0.1) is 0 Å². The molecule has 82 heavy (non-hydrogen) atoms. The zero-order chi connectivity index (χ0) is 57.0. The van der Waals surface area contributed by atoms with Crippen molar-refractivity contribution in [3.8, 4) is 6.07 Å². The second kappa shape index (κ2) is 33.9. The average Bonchev–Trinajstić information content (AvgIpc) is 3.65. The molecule has 436 valence electrons. The highest BCUT2D eigenvalue weighted by atomic mass is 31.2. The first-order chi connectivity index (χ1) is 40.3. The van der Waals surface area contributed by atoms with E-state index in [1.807, 2.05) is 182 Å². The molecule has 2 aliphatic heterocycles. The summed E-state index contributed by atoms with van der Waals surface area (Å²) in [5.41, 5.74) is 5.23. The van der Waals surface area contributed by atoms with E-state index in [-0.39, 0.29) is 91.4 Å². The molecule has 6 aromatic rings. The number of phosphoric ester groups is 1. The Morgan fingerprint density at radius 2 is 0.866 bits per heavy atom. The van der Waals surface area contributed by atoms with Crippen molar-refractivity contribution in [2.75, 3.05) is 46.7 Å². The Bertz CT molecular complexity index is 2810. The number of phosphoric acid groups is 1. The van der Waals surface area contributed by atoms with E-state index in [0.29, 0.717) is 6.42 Å². The fourth-order valence-electron chi connectivity index (χ4n) is 9.52. The van der Waals surface area contributed by atoms with Gasteiger partial charge in [-0.2, -0.15) is 5.26 Å². The number of carbonyl (C=O) groups excluding carboxylic acids is 1. The van der Waals surface area contributed by atoms with Crippen LogP contribution in [0.15, 0.2) is 182 Å². The fraction of sp³-hybridized carbons (Fsp3) is 0.406. The minimum absolute atomic E-state index is 0.0200. The predicted octanol–water partition coefficient (Wildman–Crippen LogP) is 9.64. The average molecular weight is 1140 g/mol. The predicted molar refractivity (Wildman–Crippen MR) is 304 cm³/mol. The van der Waals surface area contributed by atoms with Crippen molar-refractivity contribution in [2.45, 2.75) is 120 Å². The van der Waals surface area contributed by atoms with Crippen LogP contribution < -0.4 is 5.32 Å². The van der Waals surface area contributed by atoms with Gasteiger partial charge in [0.2, 0.25) is 5.91 Å². The number of benzene rings is 6. The van der Waals surface area contributed by atoms with E-state index in [9.17, 15) is 15.2 Å². The minimum Gasteiger partial charge on any atom is -0.387 e. The molecular formula is C64H75N2O15P. The highest BCUT2D eigenvalue weighted by molar-refractivity contribution is 7.48. The highest BCUT2D eigenvalue weighted by Crippen LogP contribution is 2.53. The Hall–Kier alpha value is -6.01. The van der Waals surface area contributed by atoms with Crippen molar-refractivity contribution >= 4 is 13.7 Å². The monoisotopic (exact) mass is 1140 g/mol. The van der Waals surface area contributed by atoms with E-state index in [0.717, 1.165) is 33.4 Å². The van der Waals surface area contributed by atoms with Gasteiger partial charge in [-0.25, -0.2) is 4.57 Å². The first-order valence-electron chi connectivity index (χ1n) is 27.8. The number of amides is 1. The van der Waals surface area contributed by atoms with Crippen LogP contribution in [0.25, 0.3) is 0 Å². The van der Waals surface area contributed by atoms with E-state index in [4.69, 9.17) is 56.2 Å². The van der Waals surface area contributed by atoms with Gasteiger partial charge >= 0.3 is 7.82 Å². The van der Waals surface area contributed by atoms with Gasteiger partial charge in [0, 0.05) is 20.1 Å². The number of ether oxygens (including phenoxy) is 9. The lowest BCUT2D eigenvalue weighted by Gasteiger charge is -2.47. The van der Waals surface area contributed by atoms with Crippen LogP contribution in [0, 0.1) is 11.3 Å². The molecule has 0 aromatic heterocycles. The maximum Gasteiger partial charge on any atom is 0.475 e. The molecule has 2 saturated heterocycles. The first-order valence-corrected chi connectivity index (χ1v) is 29.3. The summed E-state index contributed by atoms with van der Waals surface area (Å²) in [7, 11) is -3.27. The molecule has 2 N–H and O–H groups in total. The zero-order valence-electron chi connectivity index (χ0n) is 46.3. The van der Waals surface area contributed by atoms with Crippen molar-refractivity contribution in [1.82, 2.24) is 5.32 Å². The van der Waals surface area contributed by atoms with E-state index in [1.165, 1.54) is 0 Å². The molecule has 2 fully saturated rings. The molecule has 0 aliphatic carbocycles. The van der Waals surface area contributed by atoms with Gasteiger partial charge in [0.05, 0.1) is 85.2 Å². The maximum atomic E-state index is 15.9. The number of nitrogens with one attached hydrogen (secondary N) is 1. The summed E-state index contributed by atoms with van der Waals surface area (Å²) < 4.78 is 94.8. The number of rotatable bonds is 34. The molecule has 2 heterocycles. The van der Waals surface area contributed by atoms with Gasteiger partial charge in [-0.05, 0) is 39.8 Å². The molecule has 1 amide bonds. The third-order valence-corrected chi connectivity index (χ3v) is 15.2. The molecular weight excluding hydrogens is 1070 g/mol. The quantitative estimate of drug-likeness (QED) is 0.0285. The summed E-state index contributed by atoms with van der Waals surface area (Å²) in [6.07, 6.45) is -9.95. The van der Waals surface area contributed by atoms with Crippen LogP contribution in [0.3, 0.4) is 0 Å². The van der Waals surface area contributed by atoms with Gasteiger partial charge in [-0.1, -0.05) is 182 Å². The van der Waals surface area contributed by atoms with Crippen molar-refractivity contribution in [3.05, 3.63) is 215 Å². The summed E-state index contributed by atoms with van der Waals surface area (Å²) >= 11 is 0. The van der Waals surface area contributed by atoms with Crippen LogP contribution in [-0.2, 0) is 105 Å². The highest BCUT2D eigenvalue weighted by Gasteiger charge is 2.53. The van der Waals surface area contributed by atoms with E-state index in [2.05, 4.69) is 11.4 Å². The summed E-state index contributed by atoms with van der Waals surface area (Å²) in [6, 6.07) is 59.6. The molecule has 17 nitrogen and oxygen atoms in total. The van der Waals surface area contributed by atoms with Gasteiger partial charge in [0.1, 0.15) is 61.0 Å². The SMILES string of the molecule is CNC(=O)CCCOC[C@@H]1O[C@H](COCc2ccccc2)[C@@H](OP(=O)(OCCC#N)OC[C@@H]2O[C@H](COCc3ccccc3)[C@@H](O)[C@H](OCc3ccccc3)[C@H]2OCc2ccccc2)[C@H](OCc2ccccc2)[C@H]1OCc1ccccc1. The van der Waals surface area contributed by atoms with Gasteiger partial charge in [0.25, 0.3) is 0 Å². The van der Waals surface area contributed by atoms with Crippen molar-refractivity contribution in [3.63, 3.8) is 0 Å². The molecule has 0 saturated carbocycles. The van der Waals surface area contributed by atoms with Gasteiger partial charge < -0.3 is 53.1 Å². The molecule has 1 unspecified atom stereocenters. The second-order valence-corrected chi connectivity index (χ2v) is 21.5. The summed E-state index contributed by atoms with van der Waals surface area (Å²) in [4.78, 5) is 12.1. The maximum absolute atomic E-state index is 15.9. The third-order valence-electron chi connectivity index (χ3n) is 13.8. The van der Waals surface area contributed by atoms with Gasteiger partial charge in [0.15, 0.2) is 0 Å². The van der Waals surface area contributed by atoms with Crippen LogP contribution >= 0.6 is 7.82 Å². The van der Waals surface area contributed by atoms with E-state index < -0.39 is 75.5 Å². The molecule has 2 aliphatic rings. The van der Waals surface area contributed by atoms with Crippen LogP contribution in [0.2, 0.25) is 0 Å². The summed E-state index contributed by atoms with van der Waals surface area (Å²) in [5.74, 6) is -0.109. The van der Waals surface area contributed by atoms with Crippen LogP contribution in [0.5, 0.6) is 0 Å². The second-order valence-electron chi connectivity index (χ2n) is 19.9. The molecule has 11 atom stereocenters. The van der Waals surface area contributed by atoms with E-state index >= 15 is 4.57 Å². The lowest BCUT2D eigenvalue weighted by atomic mass is 9.94. The number of aliphatic hydroxyl groups is 1. The lowest BCUT2D eigenvalue weighted by molar-refractivity contribution is -0.270. The Balaban J connectivity index is 1.13. The molecule has 0 radical (unpaired) electrons. The van der Waals surface area contributed by atoms with Crippen LogP contribution in [-0.4, -0.2) is 119 Å². The first kappa shape index (κ1) is 62.0. The van der Waals surface area contributed by atoms with E-state index in [1.54, 1.807) is 7.05 Å². The van der Waals surface area contributed by atoms with Crippen molar-refractivity contribution in [1.29, 1.82) is 5.26 Å². The Kier molecular flexibility index (Phi) is 25.7. The number of nitrogens with zero attached hydrogens (tertiary/aromatic N) is 1. The Morgan fingerprint density at radius 3 is 1.33 bits per heavy atom. The topological polar surface area (TPSA) is 201 Å². The van der Waals surface area contributed by atoms with Crippen molar-refractivity contribution < 1.29 is 70.7 Å². The largest absolute Gasteiger partial charge is 0.475 e. The number of hydrogen-bond acceptors (Lipinski definition) is 16. The lowest BCUT2D eigenvalue weighted by Crippen LogP contribution is -2.62. The molecule has 0 bridgehead atoms. The Labute approximate surface area is 481 Å². The number of carbonyl (C=O) groups is 1. The summed E-state index contributed by atoms with van der Waals surface area (Å²) in [6.45, 7) is 0.150. The van der Waals surface area contributed by atoms with Crippen LogP contribution in [0.4, 0.5) is 0 Å². The van der Waals surface area contributed by atoms with Crippen molar-refractivity contribution in [2.24, 2.45) is 0 Å². The molecule has 8 rings (SSSR count). The molecule has 6 aromatic carbocycles. The van der Waals surface area contributed by atoms with Gasteiger partial charge in [-0.3, -0.25) is 18.4 Å². The normalized spacial score (nSPS) is 23.3. The minimum atomic E-state index is -4.85. The fourth-order valence-corrected chi connectivity index (χ4v) is 10.9. The third kappa shape index (κ3) is 19.8. The molecule has 18 heteroatoms. The van der Waals surface area contributed by atoms with Crippen LogP contribution in [0.1, 0.15) is 52.6 Å². The molecule has 0 spiro atoms. The number of nitriles is 1. The zero-order valence-corrected chi connectivity index (χ0v) is 47.2. The number of hydrogen-bond donors (Lipinski definition) is 2.